The first-order chi connectivity index (χ1) is 15.0. The van der Waals surface area contributed by atoms with Gasteiger partial charge in [0.15, 0.2) is 0 Å². The number of imidazole rings is 1. The van der Waals surface area contributed by atoms with E-state index in [1.165, 1.54) is 6.07 Å². The summed E-state index contributed by atoms with van der Waals surface area (Å²) in [5, 5.41) is 2.59. The molecule has 3 aliphatic carbocycles. The fourth-order valence-corrected chi connectivity index (χ4v) is 4.56. The van der Waals surface area contributed by atoms with Crippen molar-refractivity contribution in [3.63, 3.8) is 0 Å². The molecule has 3 aromatic heterocycles. The predicted molar refractivity (Wildman–Crippen MR) is 108 cm³/mol. The van der Waals surface area contributed by atoms with E-state index in [1.54, 1.807) is 22.9 Å². The van der Waals surface area contributed by atoms with Crippen molar-refractivity contribution in [1.82, 2.24) is 14.4 Å². The molecule has 0 aromatic carbocycles. The van der Waals surface area contributed by atoms with E-state index >= 15 is 0 Å². The van der Waals surface area contributed by atoms with E-state index in [4.69, 9.17) is 4.74 Å². The van der Waals surface area contributed by atoms with Gasteiger partial charge in [0.2, 0.25) is 0 Å². The van der Waals surface area contributed by atoms with Gasteiger partial charge >= 0.3 is 6.18 Å². The van der Waals surface area contributed by atoms with Gasteiger partial charge in [-0.15, -0.1) is 0 Å². The molecule has 0 radical (unpaired) electrons. The SMILES string of the molecule is CC(C)Oc1cc2nc(C34CC(F)(C3)C4)cn2cc1NC(=O)c1cccc(C(F)(F)F)n1. The standard InChI is InChI=1S/C22H20F4N4O2/c1-12(2)32-15-6-18-29-17(20-9-21(23,10-20)11-20)8-30(18)7-14(15)28-19(31)13-4-3-5-16(27-13)22(24,25)26/h3-8,12H,9-11H2,1-2H3,(H,28,31). The van der Waals surface area contributed by atoms with Crippen LogP contribution in [0.4, 0.5) is 23.2 Å². The molecule has 3 aliphatic rings. The summed E-state index contributed by atoms with van der Waals surface area (Å²) in [6, 6.07) is 4.78. The molecule has 2 bridgehead atoms. The number of fused-ring (bicyclic) bond motifs is 1. The lowest BCUT2D eigenvalue weighted by Crippen LogP contribution is -2.67. The Balaban J connectivity index is 1.47. The second kappa shape index (κ2) is 6.66. The van der Waals surface area contributed by atoms with Crippen LogP contribution >= 0.6 is 0 Å². The lowest BCUT2D eigenvalue weighted by Gasteiger charge is -2.65. The molecule has 0 spiro atoms. The molecule has 0 saturated heterocycles. The molecule has 6 rings (SSSR count). The summed E-state index contributed by atoms with van der Waals surface area (Å²) in [7, 11) is 0. The highest BCUT2D eigenvalue weighted by Crippen LogP contribution is 2.69. The van der Waals surface area contributed by atoms with E-state index < -0.39 is 23.4 Å². The minimum atomic E-state index is -4.66. The number of aromatic nitrogens is 3. The summed E-state index contributed by atoms with van der Waals surface area (Å²) < 4.78 is 60.3. The Morgan fingerprint density at radius 1 is 1.19 bits per heavy atom. The van der Waals surface area contributed by atoms with Gasteiger partial charge in [-0.25, -0.2) is 14.4 Å². The van der Waals surface area contributed by atoms with Crippen LogP contribution < -0.4 is 10.1 Å². The number of amides is 1. The van der Waals surface area contributed by atoms with Crippen LogP contribution in [0.25, 0.3) is 5.65 Å². The Morgan fingerprint density at radius 2 is 1.91 bits per heavy atom. The number of alkyl halides is 4. The zero-order valence-electron chi connectivity index (χ0n) is 17.3. The van der Waals surface area contributed by atoms with Gasteiger partial charge in [0.05, 0.1) is 11.8 Å². The second-order valence-electron chi connectivity index (χ2n) is 8.93. The number of carbonyl (C=O) groups is 1. The summed E-state index contributed by atoms with van der Waals surface area (Å²) in [6.07, 6.45) is -0.110. The van der Waals surface area contributed by atoms with Crippen LogP contribution in [-0.4, -0.2) is 32.0 Å². The monoisotopic (exact) mass is 448 g/mol. The maximum Gasteiger partial charge on any atom is 0.433 e. The Bertz CT molecular complexity index is 1210. The highest BCUT2D eigenvalue weighted by molar-refractivity contribution is 6.03. The van der Waals surface area contributed by atoms with Gasteiger partial charge in [0.1, 0.15) is 34.1 Å². The molecular formula is C22H20F4N4O2. The quantitative estimate of drug-likeness (QED) is 0.562. The van der Waals surface area contributed by atoms with Crippen molar-refractivity contribution in [3.8, 4) is 5.75 Å². The highest BCUT2D eigenvalue weighted by Gasteiger charge is 2.70. The molecule has 10 heteroatoms. The third kappa shape index (κ3) is 3.37. The average molecular weight is 448 g/mol. The Morgan fingerprint density at radius 3 is 2.53 bits per heavy atom. The third-order valence-electron chi connectivity index (χ3n) is 5.95. The Kier molecular flexibility index (Phi) is 4.31. The molecule has 3 saturated carbocycles. The number of halogens is 4. The summed E-state index contributed by atoms with van der Waals surface area (Å²) in [5.74, 6) is -0.479. The van der Waals surface area contributed by atoms with Gasteiger partial charge in [0.25, 0.3) is 5.91 Å². The van der Waals surface area contributed by atoms with Crippen molar-refractivity contribution in [3.05, 3.63) is 53.7 Å². The van der Waals surface area contributed by atoms with Crippen LogP contribution in [-0.2, 0) is 11.6 Å². The van der Waals surface area contributed by atoms with E-state index in [9.17, 15) is 22.4 Å². The van der Waals surface area contributed by atoms with Crippen LogP contribution in [0.2, 0.25) is 0 Å². The van der Waals surface area contributed by atoms with Crippen LogP contribution in [0.1, 0.15) is 55.0 Å². The van der Waals surface area contributed by atoms with E-state index in [2.05, 4.69) is 15.3 Å². The molecule has 1 N–H and O–H groups in total. The maximum atomic E-state index is 14.0. The van der Waals surface area contributed by atoms with E-state index in [0.717, 1.165) is 17.8 Å². The fraction of sp³-hybridized carbons (Fsp3) is 0.409. The molecule has 32 heavy (non-hydrogen) atoms. The fourth-order valence-electron chi connectivity index (χ4n) is 4.56. The number of nitrogens with zero attached hydrogens (tertiary/aromatic N) is 3. The zero-order valence-corrected chi connectivity index (χ0v) is 17.3. The van der Waals surface area contributed by atoms with E-state index in [0.29, 0.717) is 30.7 Å². The normalized spacial score (nSPS) is 24.2. The summed E-state index contributed by atoms with van der Waals surface area (Å²) in [5.41, 5.74) is -1.19. The molecule has 0 aliphatic heterocycles. The number of hydrogen-bond donors (Lipinski definition) is 1. The topological polar surface area (TPSA) is 68.5 Å². The van der Waals surface area contributed by atoms with Crippen molar-refractivity contribution in [2.24, 2.45) is 0 Å². The van der Waals surface area contributed by atoms with Crippen LogP contribution in [0.5, 0.6) is 5.75 Å². The van der Waals surface area contributed by atoms with Crippen LogP contribution in [0, 0.1) is 0 Å². The van der Waals surface area contributed by atoms with Crippen molar-refractivity contribution in [1.29, 1.82) is 0 Å². The van der Waals surface area contributed by atoms with Gasteiger partial charge < -0.3 is 14.5 Å². The Labute approximate surface area is 180 Å². The molecule has 3 fully saturated rings. The number of ether oxygens (including phenoxy) is 1. The smallest absolute Gasteiger partial charge is 0.433 e. The largest absolute Gasteiger partial charge is 0.489 e. The van der Waals surface area contributed by atoms with Crippen LogP contribution in [0.15, 0.2) is 36.7 Å². The number of hydrogen-bond acceptors (Lipinski definition) is 4. The third-order valence-corrected chi connectivity index (χ3v) is 5.95. The van der Waals surface area contributed by atoms with Crippen molar-refractivity contribution in [2.45, 2.75) is 56.5 Å². The predicted octanol–water partition coefficient (Wildman–Crippen LogP) is 4.93. The van der Waals surface area contributed by atoms with E-state index in [-0.39, 0.29) is 22.9 Å². The number of rotatable bonds is 5. The van der Waals surface area contributed by atoms with Crippen molar-refractivity contribution in [2.75, 3.05) is 5.32 Å². The first kappa shape index (κ1) is 20.7. The van der Waals surface area contributed by atoms with Crippen molar-refractivity contribution >= 4 is 17.2 Å². The molecule has 6 nitrogen and oxygen atoms in total. The number of pyridine rings is 2. The van der Waals surface area contributed by atoms with E-state index in [1.807, 2.05) is 13.8 Å². The zero-order chi connectivity index (χ0) is 22.9. The molecule has 1 amide bonds. The summed E-state index contributed by atoms with van der Waals surface area (Å²) in [4.78, 5) is 20.7. The average Bonchev–Trinajstić information content (AvgIpc) is 3.06. The highest BCUT2D eigenvalue weighted by atomic mass is 19.4. The second-order valence-corrected chi connectivity index (χ2v) is 8.93. The lowest BCUT2D eigenvalue weighted by molar-refractivity contribution is -0.159. The minimum Gasteiger partial charge on any atom is -0.489 e. The number of nitrogens with one attached hydrogen (secondary N) is 1. The first-order valence-electron chi connectivity index (χ1n) is 10.2. The first-order valence-corrected chi connectivity index (χ1v) is 10.2. The Hall–Kier alpha value is -3.17. The lowest BCUT2D eigenvalue weighted by atomic mass is 9.41. The van der Waals surface area contributed by atoms with Crippen LogP contribution in [0.3, 0.4) is 0 Å². The molecule has 168 valence electrons. The molecule has 3 aromatic rings. The van der Waals surface area contributed by atoms with Gasteiger partial charge in [-0.05, 0) is 45.2 Å². The number of anilines is 1. The maximum absolute atomic E-state index is 14.0. The van der Waals surface area contributed by atoms with Gasteiger partial charge in [0, 0.05) is 23.9 Å². The summed E-state index contributed by atoms with van der Waals surface area (Å²) >= 11 is 0. The minimum absolute atomic E-state index is 0.224. The number of carbonyl (C=O) groups excluding carboxylic acids is 1. The molecular weight excluding hydrogens is 428 g/mol. The summed E-state index contributed by atoms with van der Waals surface area (Å²) in [6.45, 7) is 3.62. The molecule has 3 heterocycles. The molecule has 0 unspecified atom stereocenters. The van der Waals surface area contributed by atoms with Gasteiger partial charge in [-0.3, -0.25) is 4.79 Å². The van der Waals surface area contributed by atoms with Gasteiger partial charge in [-0.2, -0.15) is 13.2 Å². The molecule has 0 atom stereocenters. The van der Waals surface area contributed by atoms with Gasteiger partial charge in [-0.1, -0.05) is 6.07 Å². The van der Waals surface area contributed by atoms with Crippen molar-refractivity contribution < 1.29 is 27.1 Å².